The van der Waals surface area contributed by atoms with E-state index in [0.717, 1.165) is 15.9 Å². The van der Waals surface area contributed by atoms with Crippen molar-refractivity contribution in [3.8, 4) is 10.6 Å². The number of hydrogen-bond acceptors (Lipinski definition) is 2. The Balaban J connectivity index is 2.59. The Bertz CT molecular complexity index is 431. The fraction of sp³-hybridized carbons (Fsp3) is 0.222. The minimum atomic E-state index is 1.02. The van der Waals surface area contributed by atoms with Crippen molar-refractivity contribution < 1.29 is 0 Å². The van der Waals surface area contributed by atoms with Crippen LogP contribution in [0.25, 0.3) is 10.6 Å². The fourth-order valence-corrected chi connectivity index (χ4v) is 2.61. The van der Waals surface area contributed by atoms with Crippen molar-refractivity contribution in [3.05, 3.63) is 27.2 Å². The van der Waals surface area contributed by atoms with Crippen molar-refractivity contribution in [2.75, 3.05) is 0 Å². The van der Waals surface area contributed by atoms with E-state index in [1.807, 2.05) is 6.92 Å². The van der Waals surface area contributed by atoms with Crippen LogP contribution < -0.4 is 0 Å². The minimum absolute atomic E-state index is 1.02. The van der Waals surface area contributed by atoms with Gasteiger partial charge in [-0.15, -0.1) is 11.3 Å². The number of aromatic amines is 1. The van der Waals surface area contributed by atoms with Crippen LogP contribution in [-0.2, 0) is 0 Å². The summed E-state index contributed by atoms with van der Waals surface area (Å²) in [6.45, 7) is 4.10. The van der Waals surface area contributed by atoms with Gasteiger partial charge in [0.2, 0.25) is 0 Å². The molecule has 13 heavy (non-hydrogen) atoms. The summed E-state index contributed by atoms with van der Waals surface area (Å²) in [5.41, 5.74) is 3.37. The van der Waals surface area contributed by atoms with Crippen LogP contribution in [0.15, 0.2) is 15.9 Å². The van der Waals surface area contributed by atoms with Gasteiger partial charge < -0.3 is 0 Å². The Morgan fingerprint density at radius 2 is 2.23 bits per heavy atom. The van der Waals surface area contributed by atoms with Gasteiger partial charge in [0.15, 0.2) is 0 Å². The molecule has 0 bridgehead atoms. The van der Waals surface area contributed by atoms with Gasteiger partial charge in [-0.3, -0.25) is 5.10 Å². The van der Waals surface area contributed by atoms with Gasteiger partial charge in [0.05, 0.1) is 9.35 Å². The molecule has 0 amide bonds. The van der Waals surface area contributed by atoms with Crippen LogP contribution in [0.4, 0.5) is 0 Å². The Morgan fingerprint density at radius 1 is 1.46 bits per heavy atom. The number of hydrogen-bond donors (Lipinski definition) is 1. The molecule has 0 saturated heterocycles. The molecule has 2 rings (SSSR count). The maximum absolute atomic E-state index is 4.26. The molecule has 4 heteroatoms. The predicted molar refractivity (Wildman–Crippen MR) is 59.1 cm³/mol. The summed E-state index contributed by atoms with van der Waals surface area (Å²) in [6.07, 6.45) is 0. The van der Waals surface area contributed by atoms with E-state index in [-0.39, 0.29) is 0 Å². The van der Waals surface area contributed by atoms with Gasteiger partial charge in [0.1, 0.15) is 5.69 Å². The van der Waals surface area contributed by atoms with Crippen LogP contribution in [0.3, 0.4) is 0 Å². The molecule has 0 unspecified atom stereocenters. The number of thiophene rings is 1. The second-order valence-electron chi connectivity index (χ2n) is 2.94. The molecule has 2 heterocycles. The summed E-state index contributed by atoms with van der Waals surface area (Å²) >= 11 is 5.24. The lowest BCUT2D eigenvalue weighted by molar-refractivity contribution is 1.05. The third kappa shape index (κ3) is 1.44. The van der Waals surface area contributed by atoms with Crippen molar-refractivity contribution >= 4 is 27.3 Å². The van der Waals surface area contributed by atoms with Gasteiger partial charge >= 0.3 is 0 Å². The Hall–Kier alpha value is -0.610. The van der Waals surface area contributed by atoms with E-state index in [4.69, 9.17) is 0 Å². The second kappa shape index (κ2) is 3.27. The van der Waals surface area contributed by atoms with E-state index >= 15 is 0 Å². The van der Waals surface area contributed by atoms with E-state index in [1.54, 1.807) is 11.3 Å². The Labute approximate surface area is 89.1 Å². The summed E-state index contributed by atoms with van der Waals surface area (Å²) in [4.78, 5) is 1.23. The molecule has 0 fully saturated rings. The Morgan fingerprint density at radius 3 is 2.69 bits per heavy atom. The van der Waals surface area contributed by atoms with Crippen LogP contribution in [-0.4, -0.2) is 10.2 Å². The van der Waals surface area contributed by atoms with Crippen LogP contribution in [0.2, 0.25) is 0 Å². The molecule has 0 aliphatic heterocycles. The molecule has 0 aromatic carbocycles. The first-order valence-corrected chi connectivity index (χ1v) is 5.62. The molecular weight excluding hydrogens is 248 g/mol. The van der Waals surface area contributed by atoms with Crippen molar-refractivity contribution in [1.82, 2.24) is 10.2 Å². The van der Waals surface area contributed by atoms with Gasteiger partial charge in [-0.05, 0) is 46.8 Å². The summed E-state index contributed by atoms with van der Waals surface area (Å²) in [6, 6.07) is 2.11. The van der Waals surface area contributed by atoms with E-state index < -0.39 is 0 Å². The summed E-state index contributed by atoms with van der Waals surface area (Å²) in [5, 5.41) is 9.30. The third-order valence-electron chi connectivity index (χ3n) is 1.95. The summed E-state index contributed by atoms with van der Waals surface area (Å²) in [5.74, 6) is 0. The highest BCUT2D eigenvalue weighted by Gasteiger charge is 2.12. The highest BCUT2D eigenvalue weighted by molar-refractivity contribution is 9.10. The van der Waals surface area contributed by atoms with Gasteiger partial charge in [-0.2, -0.15) is 5.10 Å². The molecule has 0 spiro atoms. The van der Waals surface area contributed by atoms with Crippen LogP contribution in [0.5, 0.6) is 0 Å². The maximum Gasteiger partial charge on any atom is 0.117 e. The van der Waals surface area contributed by atoms with Gasteiger partial charge in [-0.25, -0.2) is 0 Å². The number of H-pyrrole nitrogens is 1. The largest absolute Gasteiger partial charge is 0.281 e. The van der Waals surface area contributed by atoms with Crippen molar-refractivity contribution in [3.63, 3.8) is 0 Å². The van der Waals surface area contributed by atoms with Gasteiger partial charge in [-0.1, -0.05) is 0 Å². The lowest BCUT2D eigenvalue weighted by Crippen LogP contribution is -1.76. The van der Waals surface area contributed by atoms with Crippen LogP contribution in [0.1, 0.15) is 11.3 Å². The molecule has 0 radical (unpaired) electrons. The second-order valence-corrected chi connectivity index (χ2v) is 4.65. The average Bonchev–Trinajstić information content (AvgIpc) is 2.62. The lowest BCUT2D eigenvalue weighted by Gasteiger charge is -1.94. The van der Waals surface area contributed by atoms with Crippen molar-refractivity contribution in [2.24, 2.45) is 0 Å². The zero-order valence-electron chi connectivity index (χ0n) is 7.39. The number of nitrogens with one attached hydrogen (secondary N) is 1. The smallest absolute Gasteiger partial charge is 0.117 e. The van der Waals surface area contributed by atoms with E-state index in [1.165, 1.54) is 10.4 Å². The molecule has 0 aliphatic carbocycles. The van der Waals surface area contributed by atoms with E-state index in [0.29, 0.717) is 0 Å². The highest BCUT2D eigenvalue weighted by Crippen LogP contribution is 2.33. The number of aryl methyl sites for hydroxylation is 2. The van der Waals surface area contributed by atoms with E-state index in [9.17, 15) is 0 Å². The van der Waals surface area contributed by atoms with Crippen molar-refractivity contribution in [2.45, 2.75) is 13.8 Å². The molecule has 2 aromatic heterocycles. The molecule has 0 atom stereocenters. The van der Waals surface area contributed by atoms with Crippen LogP contribution in [0, 0.1) is 13.8 Å². The molecular formula is C9H9BrN2S. The number of rotatable bonds is 1. The van der Waals surface area contributed by atoms with Gasteiger partial charge in [0, 0.05) is 5.69 Å². The molecule has 2 nitrogen and oxygen atoms in total. The molecule has 0 aliphatic rings. The zero-order valence-corrected chi connectivity index (χ0v) is 9.79. The predicted octanol–water partition coefficient (Wildman–Crippen LogP) is 3.52. The quantitative estimate of drug-likeness (QED) is 0.831. The number of nitrogens with zero attached hydrogens (tertiary/aromatic N) is 1. The summed E-state index contributed by atoms with van der Waals surface area (Å²) in [7, 11) is 0. The first-order valence-electron chi connectivity index (χ1n) is 3.95. The number of halogens is 1. The highest BCUT2D eigenvalue weighted by atomic mass is 79.9. The normalized spacial score (nSPS) is 10.7. The zero-order chi connectivity index (χ0) is 9.42. The fourth-order valence-electron chi connectivity index (χ4n) is 1.18. The molecule has 2 aromatic rings. The maximum atomic E-state index is 4.26. The molecule has 0 saturated carbocycles. The average molecular weight is 257 g/mol. The molecule has 1 N–H and O–H groups in total. The number of aromatic nitrogens is 2. The summed E-state index contributed by atoms with van der Waals surface area (Å²) < 4.78 is 1.07. The third-order valence-corrected chi connectivity index (χ3v) is 3.94. The van der Waals surface area contributed by atoms with E-state index in [2.05, 4.69) is 44.5 Å². The topological polar surface area (TPSA) is 28.7 Å². The SMILES string of the molecule is Cc1ccsc1-c1n[nH]c(C)c1Br. The first-order chi connectivity index (χ1) is 6.20. The lowest BCUT2D eigenvalue weighted by atomic mass is 10.2. The molecule has 68 valence electrons. The monoisotopic (exact) mass is 256 g/mol. The van der Waals surface area contributed by atoms with Gasteiger partial charge in [0.25, 0.3) is 0 Å². The standard InChI is InChI=1S/C9H9BrN2S/c1-5-3-4-13-9(5)8-7(10)6(2)11-12-8/h3-4H,1-2H3,(H,11,12). The van der Waals surface area contributed by atoms with Crippen LogP contribution >= 0.6 is 27.3 Å². The minimum Gasteiger partial charge on any atom is -0.281 e. The first kappa shape index (κ1) is 8.97. The Kier molecular flexibility index (Phi) is 2.26. The van der Waals surface area contributed by atoms with Crippen molar-refractivity contribution in [1.29, 1.82) is 0 Å².